The first-order valence-corrected chi connectivity index (χ1v) is 7.49. The molecule has 0 amide bonds. The fourth-order valence-electron chi connectivity index (χ4n) is 2.40. The van der Waals surface area contributed by atoms with Crippen molar-refractivity contribution in [3.63, 3.8) is 0 Å². The molecule has 0 aliphatic rings. The third-order valence-corrected chi connectivity index (χ3v) is 3.45. The SMILES string of the molecule is CCNC(CCCC(C)C)CCc1ccccc1. The summed E-state index contributed by atoms with van der Waals surface area (Å²) < 4.78 is 0. The molecule has 0 bridgehead atoms. The fourth-order valence-corrected chi connectivity index (χ4v) is 2.40. The Kier molecular flexibility index (Phi) is 7.75. The first kappa shape index (κ1) is 15.2. The Morgan fingerprint density at radius 1 is 1.00 bits per heavy atom. The molecule has 1 rings (SSSR count). The average Bonchev–Trinajstić information content (AvgIpc) is 2.37. The highest BCUT2D eigenvalue weighted by Gasteiger charge is 2.07. The van der Waals surface area contributed by atoms with E-state index in [1.165, 1.54) is 37.7 Å². The van der Waals surface area contributed by atoms with Crippen molar-refractivity contribution in [3.05, 3.63) is 35.9 Å². The van der Waals surface area contributed by atoms with Gasteiger partial charge in [-0.2, -0.15) is 0 Å². The average molecular weight is 247 g/mol. The lowest BCUT2D eigenvalue weighted by atomic mass is 9.98. The molecule has 0 heterocycles. The van der Waals surface area contributed by atoms with Crippen LogP contribution in [0.25, 0.3) is 0 Å². The molecule has 0 radical (unpaired) electrons. The monoisotopic (exact) mass is 247 g/mol. The van der Waals surface area contributed by atoms with E-state index in [9.17, 15) is 0 Å². The van der Waals surface area contributed by atoms with E-state index < -0.39 is 0 Å². The van der Waals surface area contributed by atoms with Gasteiger partial charge in [-0.15, -0.1) is 0 Å². The summed E-state index contributed by atoms with van der Waals surface area (Å²) in [6, 6.07) is 11.5. The zero-order chi connectivity index (χ0) is 13.2. The van der Waals surface area contributed by atoms with Crippen LogP contribution in [-0.2, 0) is 6.42 Å². The predicted octanol–water partition coefficient (Wildman–Crippen LogP) is 4.42. The van der Waals surface area contributed by atoms with Crippen molar-refractivity contribution in [2.75, 3.05) is 6.54 Å². The Balaban J connectivity index is 2.28. The maximum atomic E-state index is 3.63. The number of benzene rings is 1. The van der Waals surface area contributed by atoms with E-state index in [1.807, 2.05) is 0 Å². The van der Waals surface area contributed by atoms with Gasteiger partial charge < -0.3 is 5.32 Å². The molecule has 1 aromatic rings. The topological polar surface area (TPSA) is 12.0 Å². The van der Waals surface area contributed by atoms with E-state index in [0.717, 1.165) is 12.5 Å². The van der Waals surface area contributed by atoms with Crippen LogP contribution in [0.4, 0.5) is 0 Å². The second-order valence-corrected chi connectivity index (χ2v) is 5.60. The normalized spacial score (nSPS) is 12.9. The molecule has 0 aromatic heterocycles. The van der Waals surface area contributed by atoms with Gasteiger partial charge in [-0.05, 0) is 37.3 Å². The van der Waals surface area contributed by atoms with Gasteiger partial charge in [-0.25, -0.2) is 0 Å². The molecule has 1 heteroatoms. The summed E-state index contributed by atoms with van der Waals surface area (Å²) in [5.74, 6) is 0.835. The Labute approximate surface area is 113 Å². The van der Waals surface area contributed by atoms with Crippen LogP contribution < -0.4 is 5.32 Å². The first-order valence-electron chi connectivity index (χ1n) is 7.49. The van der Waals surface area contributed by atoms with Crippen LogP contribution >= 0.6 is 0 Å². The van der Waals surface area contributed by atoms with Crippen LogP contribution in [-0.4, -0.2) is 12.6 Å². The van der Waals surface area contributed by atoms with Crippen molar-refractivity contribution >= 4 is 0 Å². The predicted molar refractivity (Wildman–Crippen MR) is 80.9 cm³/mol. The fraction of sp³-hybridized carbons (Fsp3) is 0.647. The summed E-state index contributed by atoms with van der Waals surface area (Å²) in [6.07, 6.45) is 6.48. The lowest BCUT2D eigenvalue weighted by molar-refractivity contribution is 0.425. The molecule has 1 atom stereocenters. The molecular weight excluding hydrogens is 218 g/mol. The van der Waals surface area contributed by atoms with Gasteiger partial charge in [-0.1, -0.05) is 63.9 Å². The van der Waals surface area contributed by atoms with Gasteiger partial charge in [0.1, 0.15) is 0 Å². The molecule has 1 aromatic carbocycles. The lowest BCUT2D eigenvalue weighted by Gasteiger charge is -2.18. The molecule has 102 valence electrons. The third kappa shape index (κ3) is 6.80. The van der Waals surface area contributed by atoms with Gasteiger partial charge in [0, 0.05) is 6.04 Å². The smallest absolute Gasteiger partial charge is 0.00701 e. The van der Waals surface area contributed by atoms with E-state index in [2.05, 4.69) is 56.4 Å². The molecule has 0 fully saturated rings. The van der Waals surface area contributed by atoms with Gasteiger partial charge in [0.05, 0.1) is 0 Å². The minimum absolute atomic E-state index is 0.689. The zero-order valence-corrected chi connectivity index (χ0v) is 12.3. The molecule has 0 spiro atoms. The highest BCUT2D eigenvalue weighted by Crippen LogP contribution is 2.13. The van der Waals surface area contributed by atoms with Crippen molar-refractivity contribution in [2.45, 2.75) is 58.9 Å². The molecule has 1 nitrogen and oxygen atoms in total. The number of hydrogen-bond acceptors (Lipinski definition) is 1. The summed E-state index contributed by atoms with van der Waals surface area (Å²) in [5.41, 5.74) is 1.46. The zero-order valence-electron chi connectivity index (χ0n) is 12.3. The second-order valence-electron chi connectivity index (χ2n) is 5.60. The van der Waals surface area contributed by atoms with Crippen molar-refractivity contribution in [1.82, 2.24) is 5.32 Å². The van der Waals surface area contributed by atoms with Crippen molar-refractivity contribution in [1.29, 1.82) is 0 Å². The van der Waals surface area contributed by atoms with Crippen LogP contribution in [0, 0.1) is 5.92 Å². The molecule has 0 saturated heterocycles. The van der Waals surface area contributed by atoms with Crippen LogP contribution in [0.2, 0.25) is 0 Å². The van der Waals surface area contributed by atoms with E-state index in [0.29, 0.717) is 6.04 Å². The highest BCUT2D eigenvalue weighted by molar-refractivity contribution is 5.14. The van der Waals surface area contributed by atoms with Crippen LogP contribution in [0.3, 0.4) is 0 Å². The maximum absolute atomic E-state index is 3.63. The molecule has 1 N–H and O–H groups in total. The highest BCUT2D eigenvalue weighted by atomic mass is 14.9. The summed E-state index contributed by atoms with van der Waals surface area (Å²) in [7, 11) is 0. The number of hydrogen-bond donors (Lipinski definition) is 1. The van der Waals surface area contributed by atoms with Gasteiger partial charge in [0.2, 0.25) is 0 Å². The molecule has 0 saturated carbocycles. The molecule has 0 aliphatic heterocycles. The third-order valence-electron chi connectivity index (χ3n) is 3.45. The van der Waals surface area contributed by atoms with Crippen molar-refractivity contribution in [2.24, 2.45) is 5.92 Å². The van der Waals surface area contributed by atoms with Crippen LogP contribution in [0.1, 0.15) is 52.0 Å². The Morgan fingerprint density at radius 2 is 1.72 bits per heavy atom. The molecule has 1 unspecified atom stereocenters. The number of rotatable bonds is 9. The van der Waals surface area contributed by atoms with Crippen molar-refractivity contribution in [3.8, 4) is 0 Å². The largest absolute Gasteiger partial charge is 0.314 e. The van der Waals surface area contributed by atoms with E-state index in [1.54, 1.807) is 0 Å². The van der Waals surface area contributed by atoms with E-state index >= 15 is 0 Å². The molecular formula is C17H29N. The maximum Gasteiger partial charge on any atom is 0.00701 e. The Hall–Kier alpha value is -0.820. The first-order chi connectivity index (χ1) is 8.72. The van der Waals surface area contributed by atoms with Gasteiger partial charge in [0.15, 0.2) is 0 Å². The van der Waals surface area contributed by atoms with Crippen LogP contribution in [0.5, 0.6) is 0 Å². The Morgan fingerprint density at radius 3 is 2.33 bits per heavy atom. The summed E-state index contributed by atoms with van der Waals surface area (Å²) in [6.45, 7) is 7.91. The summed E-state index contributed by atoms with van der Waals surface area (Å²) in [4.78, 5) is 0. The summed E-state index contributed by atoms with van der Waals surface area (Å²) >= 11 is 0. The molecule has 18 heavy (non-hydrogen) atoms. The number of nitrogens with one attached hydrogen (secondary N) is 1. The van der Waals surface area contributed by atoms with Crippen molar-refractivity contribution < 1.29 is 0 Å². The van der Waals surface area contributed by atoms with E-state index in [-0.39, 0.29) is 0 Å². The quantitative estimate of drug-likeness (QED) is 0.681. The minimum atomic E-state index is 0.689. The van der Waals surface area contributed by atoms with Gasteiger partial charge in [-0.3, -0.25) is 0 Å². The van der Waals surface area contributed by atoms with Crippen LogP contribution in [0.15, 0.2) is 30.3 Å². The number of aryl methyl sites for hydroxylation is 1. The minimum Gasteiger partial charge on any atom is -0.314 e. The van der Waals surface area contributed by atoms with E-state index in [4.69, 9.17) is 0 Å². The Bertz CT molecular complexity index is 292. The molecule has 0 aliphatic carbocycles. The van der Waals surface area contributed by atoms with Gasteiger partial charge in [0.25, 0.3) is 0 Å². The second kappa shape index (κ2) is 9.16. The lowest BCUT2D eigenvalue weighted by Crippen LogP contribution is -2.29. The summed E-state index contributed by atoms with van der Waals surface area (Å²) in [5, 5.41) is 3.63. The standard InChI is InChI=1S/C17H29N/c1-4-18-17(12-8-9-15(2)3)14-13-16-10-6-5-7-11-16/h5-7,10-11,15,17-18H,4,8-9,12-14H2,1-3H3. The van der Waals surface area contributed by atoms with Gasteiger partial charge >= 0.3 is 0 Å².